The Balaban J connectivity index is 1.98. The first-order valence-corrected chi connectivity index (χ1v) is 6.71. The van der Waals surface area contributed by atoms with Gasteiger partial charge in [-0.3, -0.25) is 4.98 Å². The van der Waals surface area contributed by atoms with Gasteiger partial charge in [-0.25, -0.2) is 4.79 Å². The van der Waals surface area contributed by atoms with E-state index in [4.69, 9.17) is 9.84 Å². The van der Waals surface area contributed by atoms with Gasteiger partial charge in [0.2, 0.25) is 0 Å². The Morgan fingerprint density at radius 2 is 1.91 bits per heavy atom. The number of ether oxygens (including phenoxy) is 1. The number of para-hydroxylation sites is 1. The van der Waals surface area contributed by atoms with Crippen LogP contribution in [0.4, 0.5) is 11.4 Å². The molecule has 2 aromatic carbocycles. The number of aromatic nitrogens is 1. The van der Waals surface area contributed by atoms with Crippen LogP contribution in [0.25, 0.3) is 10.9 Å². The van der Waals surface area contributed by atoms with Crippen molar-refractivity contribution in [3.63, 3.8) is 0 Å². The van der Waals surface area contributed by atoms with Gasteiger partial charge in [0.15, 0.2) is 0 Å². The highest BCUT2D eigenvalue weighted by Crippen LogP contribution is 2.30. The minimum Gasteiger partial charge on any atom is -0.494 e. The van der Waals surface area contributed by atoms with E-state index in [0.717, 1.165) is 22.3 Å². The molecule has 0 saturated carbocycles. The van der Waals surface area contributed by atoms with Crippen LogP contribution >= 0.6 is 0 Å². The molecule has 1 heterocycles. The lowest BCUT2D eigenvalue weighted by molar-refractivity contribution is 0.0697. The molecule has 22 heavy (non-hydrogen) atoms. The molecular formula is C17H14N2O3. The molecule has 0 aliphatic rings. The van der Waals surface area contributed by atoms with Gasteiger partial charge in [-0.1, -0.05) is 12.1 Å². The molecule has 0 aliphatic carbocycles. The third-order valence-electron chi connectivity index (χ3n) is 3.36. The molecule has 110 valence electrons. The highest BCUT2D eigenvalue weighted by atomic mass is 16.5. The molecule has 2 N–H and O–H groups in total. The molecule has 0 saturated heterocycles. The topological polar surface area (TPSA) is 71.5 Å². The molecule has 0 fully saturated rings. The molecule has 0 unspecified atom stereocenters. The summed E-state index contributed by atoms with van der Waals surface area (Å²) in [5.41, 5.74) is 2.72. The van der Waals surface area contributed by atoms with E-state index in [1.807, 2.05) is 24.3 Å². The Labute approximate surface area is 127 Å². The summed E-state index contributed by atoms with van der Waals surface area (Å²) in [6.07, 6.45) is 1.71. The van der Waals surface area contributed by atoms with Crippen LogP contribution in [0.15, 0.2) is 54.7 Å². The Bertz CT molecular complexity index is 829. The Morgan fingerprint density at radius 1 is 1.14 bits per heavy atom. The first-order chi connectivity index (χ1) is 10.7. The number of anilines is 2. The van der Waals surface area contributed by atoms with Gasteiger partial charge < -0.3 is 15.2 Å². The second-order valence-corrected chi connectivity index (χ2v) is 4.72. The number of carbonyl (C=O) groups is 1. The summed E-state index contributed by atoms with van der Waals surface area (Å²) in [7, 11) is 1.61. The molecule has 3 rings (SSSR count). The lowest BCUT2D eigenvalue weighted by atomic mass is 10.1. The van der Waals surface area contributed by atoms with Crippen LogP contribution in [-0.4, -0.2) is 23.2 Å². The predicted molar refractivity (Wildman–Crippen MR) is 85.0 cm³/mol. The second kappa shape index (κ2) is 5.73. The largest absolute Gasteiger partial charge is 0.494 e. The van der Waals surface area contributed by atoms with Crippen molar-refractivity contribution in [2.24, 2.45) is 0 Å². The number of hydrogen-bond acceptors (Lipinski definition) is 4. The first kappa shape index (κ1) is 13.9. The molecule has 0 bridgehead atoms. The summed E-state index contributed by atoms with van der Waals surface area (Å²) in [6.45, 7) is 0. The average molecular weight is 294 g/mol. The summed E-state index contributed by atoms with van der Waals surface area (Å²) in [6, 6.07) is 14.2. The van der Waals surface area contributed by atoms with Crippen LogP contribution in [0.5, 0.6) is 5.75 Å². The number of benzene rings is 2. The number of fused-ring (bicyclic) bond motifs is 1. The normalized spacial score (nSPS) is 10.4. The molecule has 5 nitrogen and oxygen atoms in total. The van der Waals surface area contributed by atoms with Gasteiger partial charge in [0, 0.05) is 23.0 Å². The molecule has 0 amide bonds. The highest BCUT2D eigenvalue weighted by molar-refractivity contribution is 5.96. The van der Waals surface area contributed by atoms with Crippen molar-refractivity contribution in [2.45, 2.75) is 0 Å². The Morgan fingerprint density at radius 3 is 2.59 bits per heavy atom. The van der Waals surface area contributed by atoms with Crippen LogP contribution in [0.3, 0.4) is 0 Å². The number of rotatable bonds is 4. The highest BCUT2D eigenvalue weighted by Gasteiger charge is 2.07. The fourth-order valence-corrected chi connectivity index (χ4v) is 2.27. The molecule has 5 heteroatoms. The summed E-state index contributed by atoms with van der Waals surface area (Å²) in [5, 5.41) is 13.1. The molecule has 0 spiro atoms. The van der Waals surface area contributed by atoms with E-state index >= 15 is 0 Å². The minimum atomic E-state index is -0.939. The number of aromatic carboxylic acids is 1. The molecule has 3 aromatic rings. The van der Waals surface area contributed by atoms with E-state index in [2.05, 4.69) is 10.3 Å². The van der Waals surface area contributed by atoms with E-state index in [1.54, 1.807) is 37.6 Å². The van der Waals surface area contributed by atoms with Crippen LogP contribution in [0, 0.1) is 0 Å². The molecule has 1 aromatic heterocycles. The molecule has 0 aliphatic heterocycles. The van der Waals surface area contributed by atoms with Crippen LogP contribution in [0.1, 0.15) is 10.4 Å². The average Bonchev–Trinajstić information content (AvgIpc) is 2.55. The van der Waals surface area contributed by atoms with E-state index < -0.39 is 5.97 Å². The number of nitrogens with one attached hydrogen (secondary N) is 1. The number of carboxylic acid groups (broad SMARTS) is 1. The van der Waals surface area contributed by atoms with Gasteiger partial charge in [0.25, 0.3) is 0 Å². The molecular weight excluding hydrogens is 280 g/mol. The van der Waals surface area contributed by atoms with Gasteiger partial charge in [-0.15, -0.1) is 0 Å². The lowest BCUT2D eigenvalue weighted by Crippen LogP contribution is -1.97. The number of carboxylic acids is 1. The van der Waals surface area contributed by atoms with Crippen LogP contribution in [-0.2, 0) is 0 Å². The molecule has 0 radical (unpaired) electrons. The number of methoxy groups -OCH3 is 1. The van der Waals surface area contributed by atoms with Crippen LogP contribution in [0.2, 0.25) is 0 Å². The van der Waals surface area contributed by atoms with E-state index in [9.17, 15) is 4.79 Å². The Hall–Kier alpha value is -3.08. The van der Waals surface area contributed by atoms with Crippen molar-refractivity contribution in [2.75, 3.05) is 12.4 Å². The summed E-state index contributed by atoms with van der Waals surface area (Å²) < 4.78 is 5.32. The third kappa shape index (κ3) is 2.56. The molecule has 0 atom stereocenters. The Kier molecular flexibility index (Phi) is 3.62. The zero-order chi connectivity index (χ0) is 15.5. The fraction of sp³-hybridized carbons (Fsp3) is 0.0588. The maximum absolute atomic E-state index is 10.9. The number of nitrogens with zero attached hydrogens (tertiary/aromatic N) is 1. The standard InChI is InChI=1S/C17H14N2O3/c1-22-15-4-2-3-13-14(9-10-18-16(13)15)19-12-7-5-11(6-8-12)17(20)21/h2-10H,1H3,(H,18,19)(H,20,21). The van der Waals surface area contributed by atoms with E-state index in [-0.39, 0.29) is 5.56 Å². The summed E-state index contributed by atoms with van der Waals surface area (Å²) >= 11 is 0. The first-order valence-electron chi connectivity index (χ1n) is 6.71. The van der Waals surface area contributed by atoms with Crippen molar-refractivity contribution in [1.82, 2.24) is 4.98 Å². The summed E-state index contributed by atoms with van der Waals surface area (Å²) in [5.74, 6) is -0.229. The van der Waals surface area contributed by atoms with Crippen molar-refractivity contribution in [3.05, 3.63) is 60.3 Å². The van der Waals surface area contributed by atoms with Gasteiger partial charge in [-0.05, 0) is 36.4 Å². The van der Waals surface area contributed by atoms with E-state index in [1.165, 1.54) is 0 Å². The fourth-order valence-electron chi connectivity index (χ4n) is 2.27. The van der Waals surface area contributed by atoms with Gasteiger partial charge >= 0.3 is 5.97 Å². The maximum Gasteiger partial charge on any atom is 0.335 e. The maximum atomic E-state index is 10.9. The smallest absolute Gasteiger partial charge is 0.335 e. The van der Waals surface area contributed by atoms with E-state index in [0.29, 0.717) is 5.75 Å². The lowest BCUT2D eigenvalue weighted by Gasteiger charge is -2.11. The van der Waals surface area contributed by atoms with Crippen molar-refractivity contribution in [3.8, 4) is 5.75 Å². The van der Waals surface area contributed by atoms with Crippen molar-refractivity contribution in [1.29, 1.82) is 0 Å². The minimum absolute atomic E-state index is 0.256. The predicted octanol–water partition coefficient (Wildman–Crippen LogP) is 3.69. The van der Waals surface area contributed by atoms with Gasteiger partial charge in [-0.2, -0.15) is 0 Å². The SMILES string of the molecule is COc1cccc2c(Nc3ccc(C(=O)O)cc3)ccnc12. The van der Waals surface area contributed by atoms with Gasteiger partial charge in [0.1, 0.15) is 11.3 Å². The van der Waals surface area contributed by atoms with Crippen LogP contribution < -0.4 is 10.1 Å². The van der Waals surface area contributed by atoms with Crippen molar-refractivity contribution < 1.29 is 14.6 Å². The quantitative estimate of drug-likeness (QED) is 0.768. The number of pyridine rings is 1. The van der Waals surface area contributed by atoms with Crippen molar-refractivity contribution >= 4 is 28.2 Å². The summed E-state index contributed by atoms with van der Waals surface area (Å²) in [4.78, 5) is 15.2. The second-order valence-electron chi connectivity index (χ2n) is 4.72. The monoisotopic (exact) mass is 294 g/mol. The third-order valence-corrected chi connectivity index (χ3v) is 3.36. The van der Waals surface area contributed by atoms with Gasteiger partial charge in [0.05, 0.1) is 12.7 Å². The zero-order valence-electron chi connectivity index (χ0n) is 11.9. The number of hydrogen-bond donors (Lipinski definition) is 2. The zero-order valence-corrected chi connectivity index (χ0v) is 11.9.